The first kappa shape index (κ1) is 8.05. The molecule has 2 saturated heterocycles. The van der Waals surface area contributed by atoms with Crippen LogP contribution in [-0.2, 0) is 4.79 Å². The molecule has 2 rings (SSSR count). The Kier molecular flexibility index (Phi) is 2.05. The molecular weight excluding hydrogens is 152 g/mol. The molecule has 0 N–H and O–H groups in total. The van der Waals surface area contributed by atoms with Gasteiger partial charge >= 0.3 is 0 Å². The molecule has 68 valence electrons. The second-order valence-corrected chi connectivity index (χ2v) is 3.95. The number of rotatable bonds is 1. The molecule has 0 atom stereocenters. The molecule has 2 aliphatic rings. The summed E-state index contributed by atoms with van der Waals surface area (Å²) in [4.78, 5) is 15.9. The molecule has 0 spiro atoms. The summed E-state index contributed by atoms with van der Waals surface area (Å²) in [7, 11) is 2.06. The lowest BCUT2D eigenvalue weighted by Gasteiger charge is -2.37. The van der Waals surface area contributed by atoms with Crippen molar-refractivity contribution in [1.29, 1.82) is 0 Å². The first-order chi connectivity index (χ1) is 5.77. The van der Waals surface area contributed by atoms with Crippen LogP contribution in [0.25, 0.3) is 0 Å². The largest absolute Gasteiger partial charge is 0.342 e. The van der Waals surface area contributed by atoms with Crippen LogP contribution in [0.2, 0.25) is 0 Å². The first-order valence-electron chi connectivity index (χ1n) is 4.75. The molecule has 2 fully saturated rings. The Morgan fingerprint density at radius 3 is 2.33 bits per heavy atom. The van der Waals surface area contributed by atoms with Gasteiger partial charge in [0.25, 0.3) is 0 Å². The Morgan fingerprint density at radius 2 is 1.83 bits per heavy atom. The van der Waals surface area contributed by atoms with Crippen LogP contribution < -0.4 is 0 Å². The quantitative estimate of drug-likeness (QED) is 0.557. The molecule has 0 aliphatic carbocycles. The van der Waals surface area contributed by atoms with Gasteiger partial charge in [-0.1, -0.05) is 0 Å². The first-order valence-corrected chi connectivity index (χ1v) is 4.75. The van der Waals surface area contributed by atoms with Crippen LogP contribution in [-0.4, -0.2) is 48.9 Å². The molecule has 0 saturated carbocycles. The van der Waals surface area contributed by atoms with Crippen molar-refractivity contribution >= 4 is 5.91 Å². The standard InChI is InChI=1S/C9H16N2O/c1-10-6-8(7-10)9(12)11-4-2-3-5-11/h8H,2-7H2,1H3. The van der Waals surface area contributed by atoms with Crippen LogP contribution >= 0.6 is 0 Å². The molecule has 1 amide bonds. The van der Waals surface area contributed by atoms with E-state index < -0.39 is 0 Å². The molecule has 0 aromatic carbocycles. The van der Waals surface area contributed by atoms with E-state index in [9.17, 15) is 4.79 Å². The average Bonchev–Trinajstić information content (AvgIpc) is 2.49. The lowest BCUT2D eigenvalue weighted by atomic mass is 10.00. The molecule has 0 unspecified atom stereocenters. The average molecular weight is 168 g/mol. The van der Waals surface area contributed by atoms with E-state index in [2.05, 4.69) is 11.9 Å². The van der Waals surface area contributed by atoms with E-state index in [1.807, 2.05) is 4.90 Å². The number of carbonyl (C=O) groups excluding carboxylic acids is 1. The van der Waals surface area contributed by atoms with Gasteiger partial charge in [0.2, 0.25) is 5.91 Å². The second-order valence-electron chi connectivity index (χ2n) is 3.95. The van der Waals surface area contributed by atoms with E-state index >= 15 is 0 Å². The molecule has 12 heavy (non-hydrogen) atoms. The Labute approximate surface area is 73.3 Å². The molecule has 0 radical (unpaired) electrons. The van der Waals surface area contributed by atoms with Crippen LogP contribution in [0.1, 0.15) is 12.8 Å². The van der Waals surface area contributed by atoms with Gasteiger partial charge in [0.1, 0.15) is 0 Å². The topological polar surface area (TPSA) is 23.6 Å². The molecule has 0 aromatic rings. The van der Waals surface area contributed by atoms with Crippen LogP contribution in [0.3, 0.4) is 0 Å². The van der Waals surface area contributed by atoms with Gasteiger partial charge in [0, 0.05) is 26.2 Å². The highest BCUT2D eigenvalue weighted by molar-refractivity contribution is 5.80. The van der Waals surface area contributed by atoms with Crippen molar-refractivity contribution in [1.82, 2.24) is 9.80 Å². The summed E-state index contributed by atoms with van der Waals surface area (Å²) in [5, 5.41) is 0. The fraction of sp³-hybridized carbons (Fsp3) is 0.889. The summed E-state index contributed by atoms with van der Waals surface area (Å²) in [6, 6.07) is 0. The van der Waals surface area contributed by atoms with E-state index in [4.69, 9.17) is 0 Å². The van der Waals surface area contributed by atoms with Gasteiger partial charge in [-0.15, -0.1) is 0 Å². The van der Waals surface area contributed by atoms with Crippen molar-refractivity contribution in [2.45, 2.75) is 12.8 Å². The summed E-state index contributed by atoms with van der Waals surface area (Å²) in [6.07, 6.45) is 2.41. The Hall–Kier alpha value is -0.570. The van der Waals surface area contributed by atoms with Gasteiger partial charge in [-0.3, -0.25) is 4.79 Å². The highest BCUT2D eigenvalue weighted by Gasteiger charge is 2.33. The predicted molar refractivity (Wildman–Crippen MR) is 46.8 cm³/mol. The zero-order valence-corrected chi connectivity index (χ0v) is 7.62. The van der Waals surface area contributed by atoms with Gasteiger partial charge < -0.3 is 9.80 Å². The van der Waals surface area contributed by atoms with Gasteiger partial charge in [-0.25, -0.2) is 0 Å². The second kappa shape index (κ2) is 3.05. The van der Waals surface area contributed by atoms with Crippen molar-refractivity contribution in [3.05, 3.63) is 0 Å². The normalized spacial score (nSPS) is 25.9. The minimum Gasteiger partial charge on any atom is -0.342 e. The van der Waals surface area contributed by atoms with Gasteiger partial charge in [-0.2, -0.15) is 0 Å². The summed E-state index contributed by atoms with van der Waals surface area (Å²) >= 11 is 0. The highest BCUT2D eigenvalue weighted by Crippen LogP contribution is 2.18. The molecule has 3 heteroatoms. The van der Waals surface area contributed by atoms with Crippen molar-refractivity contribution < 1.29 is 4.79 Å². The SMILES string of the molecule is CN1CC(C(=O)N2CCCC2)C1. The van der Waals surface area contributed by atoms with Gasteiger partial charge in [-0.05, 0) is 19.9 Å². The lowest BCUT2D eigenvalue weighted by Crippen LogP contribution is -2.52. The van der Waals surface area contributed by atoms with Crippen molar-refractivity contribution in [2.24, 2.45) is 5.92 Å². The number of hydrogen-bond acceptors (Lipinski definition) is 2. The van der Waals surface area contributed by atoms with Gasteiger partial charge in [0.05, 0.1) is 5.92 Å². The Bertz CT molecular complexity index is 181. The molecule has 0 bridgehead atoms. The summed E-state index contributed by atoms with van der Waals surface area (Å²) in [6.45, 7) is 3.93. The lowest BCUT2D eigenvalue weighted by molar-refractivity contribution is -0.139. The van der Waals surface area contributed by atoms with Crippen LogP contribution in [0.15, 0.2) is 0 Å². The molecule has 3 nitrogen and oxygen atoms in total. The number of carbonyl (C=O) groups is 1. The smallest absolute Gasteiger partial charge is 0.228 e. The third kappa shape index (κ3) is 1.33. The van der Waals surface area contributed by atoms with E-state index in [0.29, 0.717) is 11.8 Å². The number of hydrogen-bond donors (Lipinski definition) is 0. The Balaban J connectivity index is 1.83. The van der Waals surface area contributed by atoms with Crippen LogP contribution in [0.4, 0.5) is 0 Å². The fourth-order valence-electron chi connectivity index (χ4n) is 2.05. The maximum atomic E-state index is 11.7. The molecular formula is C9H16N2O. The molecule has 0 aromatic heterocycles. The summed E-state index contributed by atoms with van der Waals surface area (Å²) in [5.74, 6) is 0.707. The zero-order chi connectivity index (χ0) is 8.55. The van der Waals surface area contributed by atoms with Gasteiger partial charge in [0.15, 0.2) is 0 Å². The van der Waals surface area contributed by atoms with Crippen molar-refractivity contribution in [3.8, 4) is 0 Å². The Morgan fingerprint density at radius 1 is 1.25 bits per heavy atom. The number of likely N-dealkylation sites (tertiary alicyclic amines) is 2. The van der Waals surface area contributed by atoms with E-state index in [1.54, 1.807) is 0 Å². The summed E-state index contributed by atoms with van der Waals surface area (Å²) in [5.41, 5.74) is 0. The minimum absolute atomic E-state index is 0.313. The maximum absolute atomic E-state index is 11.7. The monoisotopic (exact) mass is 168 g/mol. The summed E-state index contributed by atoms with van der Waals surface area (Å²) < 4.78 is 0. The number of amides is 1. The van der Waals surface area contributed by atoms with Crippen molar-refractivity contribution in [2.75, 3.05) is 33.2 Å². The highest BCUT2D eigenvalue weighted by atomic mass is 16.2. The maximum Gasteiger partial charge on any atom is 0.228 e. The fourth-order valence-corrected chi connectivity index (χ4v) is 2.05. The molecule has 2 heterocycles. The third-order valence-electron chi connectivity index (χ3n) is 2.83. The zero-order valence-electron chi connectivity index (χ0n) is 7.62. The van der Waals surface area contributed by atoms with E-state index in [-0.39, 0.29) is 0 Å². The van der Waals surface area contributed by atoms with Crippen LogP contribution in [0, 0.1) is 5.92 Å². The predicted octanol–water partition coefficient (Wildman–Crippen LogP) is 0.170. The van der Waals surface area contributed by atoms with E-state index in [1.165, 1.54) is 12.8 Å². The molecule has 2 aliphatic heterocycles. The van der Waals surface area contributed by atoms with Crippen LogP contribution in [0.5, 0.6) is 0 Å². The minimum atomic E-state index is 0.313. The van der Waals surface area contributed by atoms with E-state index in [0.717, 1.165) is 26.2 Å². The van der Waals surface area contributed by atoms with Crippen molar-refractivity contribution in [3.63, 3.8) is 0 Å². The number of nitrogens with zero attached hydrogens (tertiary/aromatic N) is 2. The third-order valence-corrected chi connectivity index (χ3v) is 2.83.